The van der Waals surface area contributed by atoms with E-state index in [1.165, 1.54) is 62.6 Å². The number of hydrogen-bond acceptors (Lipinski definition) is 1. The standard InChI is InChI=1S/C23H28F2O/c1-2-3-4-16-5-7-17(8-6-16)18-9-11-19(12-10-18)23(26)20-13-21(24)15-22(25)14-20/h9-17,23,26H,2-8H2,1H3. The minimum absolute atomic E-state index is 0.242. The molecule has 0 aliphatic heterocycles. The summed E-state index contributed by atoms with van der Waals surface area (Å²) in [7, 11) is 0. The summed E-state index contributed by atoms with van der Waals surface area (Å²) in [6, 6.07) is 11.1. The molecule has 0 radical (unpaired) electrons. The Morgan fingerprint density at radius 2 is 1.54 bits per heavy atom. The van der Waals surface area contributed by atoms with Crippen LogP contribution in [-0.2, 0) is 0 Å². The Morgan fingerprint density at radius 1 is 0.923 bits per heavy atom. The van der Waals surface area contributed by atoms with Gasteiger partial charge in [-0.2, -0.15) is 0 Å². The first kappa shape index (κ1) is 19.0. The first-order valence-electron chi connectivity index (χ1n) is 9.80. The van der Waals surface area contributed by atoms with Crippen LogP contribution in [0.1, 0.15) is 80.6 Å². The molecule has 2 aromatic carbocycles. The maximum absolute atomic E-state index is 13.4. The van der Waals surface area contributed by atoms with Crippen LogP contribution in [0.15, 0.2) is 42.5 Å². The van der Waals surface area contributed by atoms with Crippen molar-refractivity contribution < 1.29 is 13.9 Å². The number of hydrogen-bond donors (Lipinski definition) is 1. The van der Waals surface area contributed by atoms with E-state index in [1.54, 1.807) is 0 Å². The van der Waals surface area contributed by atoms with Gasteiger partial charge in [-0.15, -0.1) is 0 Å². The molecule has 1 fully saturated rings. The zero-order valence-corrected chi connectivity index (χ0v) is 15.4. The van der Waals surface area contributed by atoms with Gasteiger partial charge < -0.3 is 5.11 Å². The minimum Gasteiger partial charge on any atom is -0.384 e. The molecule has 0 spiro atoms. The lowest BCUT2D eigenvalue weighted by atomic mass is 9.77. The highest BCUT2D eigenvalue weighted by Gasteiger charge is 2.22. The van der Waals surface area contributed by atoms with Gasteiger partial charge >= 0.3 is 0 Å². The van der Waals surface area contributed by atoms with Crippen molar-refractivity contribution in [3.05, 3.63) is 70.8 Å². The van der Waals surface area contributed by atoms with Crippen LogP contribution >= 0.6 is 0 Å². The fourth-order valence-electron chi connectivity index (χ4n) is 4.15. The van der Waals surface area contributed by atoms with Gasteiger partial charge in [0.25, 0.3) is 0 Å². The highest BCUT2D eigenvalue weighted by Crippen LogP contribution is 2.38. The van der Waals surface area contributed by atoms with Crippen LogP contribution in [0.3, 0.4) is 0 Å². The third-order valence-corrected chi connectivity index (χ3v) is 5.74. The summed E-state index contributed by atoms with van der Waals surface area (Å²) >= 11 is 0. The van der Waals surface area contributed by atoms with Crippen molar-refractivity contribution in [2.24, 2.45) is 5.92 Å². The van der Waals surface area contributed by atoms with E-state index in [9.17, 15) is 13.9 Å². The van der Waals surface area contributed by atoms with Crippen molar-refractivity contribution in [1.82, 2.24) is 0 Å². The fourth-order valence-corrected chi connectivity index (χ4v) is 4.15. The van der Waals surface area contributed by atoms with Crippen molar-refractivity contribution in [2.75, 3.05) is 0 Å². The van der Waals surface area contributed by atoms with Crippen LogP contribution in [0, 0.1) is 17.6 Å². The molecular formula is C23H28F2O. The van der Waals surface area contributed by atoms with Gasteiger partial charge in [0.15, 0.2) is 0 Å². The summed E-state index contributed by atoms with van der Waals surface area (Å²) in [5.74, 6) is 0.131. The number of rotatable bonds is 6. The highest BCUT2D eigenvalue weighted by molar-refractivity contribution is 5.33. The molecule has 0 bridgehead atoms. The number of aliphatic hydroxyl groups is 1. The fraction of sp³-hybridized carbons (Fsp3) is 0.478. The quantitative estimate of drug-likeness (QED) is 0.624. The Bertz CT molecular complexity index is 682. The molecule has 140 valence electrons. The van der Waals surface area contributed by atoms with Crippen molar-refractivity contribution in [3.8, 4) is 0 Å². The van der Waals surface area contributed by atoms with E-state index in [1.807, 2.05) is 12.1 Å². The first-order chi connectivity index (χ1) is 12.6. The van der Waals surface area contributed by atoms with Gasteiger partial charge in [0.1, 0.15) is 17.7 Å². The van der Waals surface area contributed by atoms with Crippen LogP contribution in [0.5, 0.6) is 0 Å². The molecule has 1 aliphatic rings. The highest BCUT2D eigenvalue weighted by atomic mass is 19.1. The molecule has 2 aromatic rings. The number of aliphatic hydroxyl groups excluding tert-OH is 1. The minimum atomic E-state index is -1.01. The Balaban J connectivity index is 1.63. The molecule has 0 amide bonds. The summed E-state index contributed by atoms with van der Waals surface area (Å²) in [6.07, 6.45) is 8.02. The van der Waals surface area contributed by atoms with Gasteiger partial charge in [-0.1, -0.05) is 50.5 Å². The second kappa shape index (κ2) is 8.77. The first-order valence-corrected chi connectivity index (χ1v) is 9.80. The van der Waals surface area contributed by atoms with Crippen LogP contribution in [0.2, 0.25) is 0 Å². The molecule has 1 saturated carbocycles. The monoisotopic (exact) mass is 358 g/mol. The number of halogens is 2. The Hall–Kier alpha value is -1.74. The lowest BCUT2D eigenvalue weighted by Gasteiger charge is -2.29. The molecule has 1 N–H and O–H groups in total. The molecule has 0 saturated heterocycles. The summed E-state index contributed by atoms with van der Waals surface area (Å²) in [4.78, 5) is 0. The predicted molar refractivity (Wildman–Crippen MR) is 101 cm³/mol. The van der Waals surface area contributed by atoms with E-state index < -0.39 is 17.7 Å². The van der Waals surface area contributed by atoms with E-state index in [-0.39, 0.29) is 5.56 Å². The summed E-state index contributed by atoms with van der Waals surface area (Å²) in [5.41, 5.74) is 2.21. The van der Waals surface area contributed by atoms with E-state index in [4.69, 9.17) is 0 Å². The summed E-state index contributed by atoms with van der Waals surface area (Å²) < 4.78 is 26.7. The summed E-state index contributed by atoms with van der Waals surface area (Å²) in [5, 5.41) is 10.4. The van der Waals surface area contributed by atoms with Crippen LogP contribution in [-0.4, -0.2) is 5.11 Å². The Kier molecular flexibility index (Phi) is 6.42. The van der Waals surface area contributed by atoms with Crippen molar-refractivity contribution in [1.29, 1.82) is 0 Å². The van der Waals surface area contributed by atoms with Gasteiger partial charge in [-0.25, -0.2) is 8.78 Å². The van der Waals surface area contributed by atoms with Gasteiger partial charge in [-0.3, -0.25) is 0 Å². The third-order valence-electron chi connectivity index (χ3n) is 5.74. The maximum Gasteiger partial charge on any atom is 0.126 e. The molecule has 1 aliphatic carbocycles. The van der Waals surface area contributed by atoms with Gasteiger partial charge in [0, 0.05) is 6.07 Å². The zero-order chi connectivity index (χ0) is 18.5. The lowest BCUT2D eigenvalue weighted by molar-refractivity contribution is 0.219. The molecule has 3 rings (SSSR count). The average Bonchev–Trinajstić information content (AvgIpc) is 2.65. The number of benzene rings is 2. The van der Waals surface area contributed by atoms with Crippen molar-refractivity contribution in [3.63, 3.8) is 0 Å². The SMILES string of the molecule is CCCCC1CCC(c2ccc(C(O)c3cc(F)cc(F)c3)cc2)CC1. The number of unbranched alkanes of at least 4 members (excludes halogenated alkanes) is 1. The Morgan fingerprint density at radius 3 is 2.12 bits per heavy atom. The molecule has 0 heterocycles. The van der Waals surface area contributed by atoms with Crippen molar-refractivity contribution >= 4 is 0 Å². The van der Waals surface area contributed by atoms with Crippen molar-refractivity contribution in [2.45, 2.75) is 63.9 Å². The molecule has 1 atom stereocenters. The lowest BCUT2D eigenvalue weighted by Crippen LogP contribution is -2.13. The normalized spacial score (nSPS) is 21.5. The molecule has 1 nitrogen and oxygen atoms in total. The molecule has 26 heavy (non-hydrogen) atoms. The zero-order valence-electron chi connectivity index (χ0n) is 15.4. The summed E-state index contributed by atoms with van der Waals surface area (Å²) in [6.45, 7) is 2.25. The Labute approximate surface area is 155 Å². The molecule has 3 heteroatoms. The van der Waals surface area contributed by atoms with Crippen LogP contribution in [0.25, 0.3) is 0 Å². The second-order valence-corrected chi connectivity index (χ2v) is 7.63. The van der Waals surface area contributed by atoms with Gasteiger partial charge in [-0.05, 0) is 66.3 Å². The van der Waals surface area contributed by atoms with Crippen LogP contribution < -0.4 is 0 Å². The van der Waals surface area contributed by atoms with E-state index in [0.717, 1.165) is 12.0 Å². The maximum atomic E-state index is 13.4. The van der Waals surface area contributed by atoms with E-state index in [0.29, 0.717) is 11.5 Å². The predicted octanol–water partition coefficient (Wildman–Crippen LogP) is 6.51. The van der Waals surface area contributed by atoms with Crippen LogP contribution in [0.4, 0.5) is 8.78 Å². The third kappa shape index (κ3) is 4.70. The molecule has 0 aromatic heterocycles. The van der Waals surface area contributed by atoms with Gasteiger partial charge in [0.2, 0.25) is 0 Å². The average molecular weight is 358 g/mol. The second-order valence-electron chi connectivity index (χ2n) is 7.63. The van der Waals surface area contributed by atoms with Gasteiger partial charge in [0.05, 0.1) is 0 Å². The molecule has 1 unspecified atom stereocenters. The van der Waals surface area contributed by atoms with E-state index in [2.05, 4.69) is 19.1 Å². The van der Waals surface area contributed by atoms with E-state index >= 15 is 0 Å². The smallest absolute Gasteiger partial charge is 0.126 e. The molecular weight excluding hydrogens is 330 g/mol. The topological polar surface area (TPSA) is 20.2 Å². The largest absolute Gasteiger partial charge is 0.384 e.